The highest BCUT2D eigenvalue weighted by Gasteiger charge is 2.30. The van der Waals surface area contributed by atoms with Crippen molar-refractivity contribution in [1.29, 1.82) is 0 Å². The molecule has 0 aromatic heterocycles. The summed E-state index contributed by atoms with van der Waals surface area (Å²) in [6.45, 7) is 0. The van der Waals surface area contributed by atoms with Gasteiger partial charge >= 0.3 is 6.18 Å². The van der Waals surface area contributed by atoms with Crippen LogP contribution in [0.25, 0.3) is 0 Å². The molecule has 0 aliphatic rings. The van der Waals surface area contributed by atoms with Gasteiger partial charge in [0, 0.05) is 0 Å². The van der Waals surface area contributed by atoms with Crippen LogP contribution in [0.3, 0.4) is 0 Å². The minimum atomic E-state index is -4.44. The van der Waals surface area contributed by atoms with E-state index >= 15 is 0 Å². The standard InChI is InChI=1S/C15H13F4NO/c1-21-13-6-5-10(8-12(13)16)14(20)9-3-2-4-11(7-9)15(17,18)19/h2-8,14H,20H2,1H3. The molecule has 2 N–H and O–H groups in total. The number of ether oxygens (including phenoxy) is 1. The number of nitrogens with two attached hydrogens (primary N) is 1. The summed E-state index contributed by atoms with van der Waals surface area (Å²) in [7, 11) is 1.32. The molecule has 21 heavy (non-hydrogen) atoms. The molecule has 0 radical (unpaired) electrons. The highest BCUT2D eigenvalue weighted by molar-refractivity contribution is 5.38. The first-order valence-electron chi connectivity index (χ1n) is 6.09. The highest BCUT2D eigenvalue weighted by atomic mass is 19.4. The first-order valence-corrected chi connectivity index (χ1v) is 6.09. The van der Waals surface area contributed by atoms with Gasteiger partial charge in [-0.15, -0.1) is 0 Å². The molecule has 2 aromatic carbocycles. The first-order chi connectivity index (χ1) is 9.82. The lowest BCUT2D eigenvalue weighted by Crippen LogP contribution is -2.14. The zero-order valence-electron chi connectivity index (χ0n) is 11.1. The van der Waals surface area contributed by atoms with E-state index < -0.39 is 23.6 Å². The third-order valence-corrected chi connectivity index (χ3v) is 3.11. The molecule has 0 aliphatic heterocycles. The van der Waals surface area contributed by atoms with Gasteiger partial charge in [0.15, 0.2) is 11.6 Å². The van der Waals surface area contributed by atoms with Gasteiger partial charge in [-0.1, -0.05) is 18.2 Å². The average Bonchev–Trinajstić information content (AvgIpc) is 2.45. The smallest absolute Gasteiger partial charge is 0.416 e. The molecule has 0 amide bonds. The van der Waals surface area contributed by atoms with Gasteiger partial charge in [-0.2, -0.15) is 13.2 Å². The van der Waals surface area contributed by atoms with Crippen LogP contribution in [0.5, 0.6) is 5.75 Å². The van der Waals surface area contributed by atoms with E-state index in [0.717, 1.165) is 18.2 Å². The Morgan fingerprint density at radius 1 is 1.05 bits per heavy atom. The Hall–Kier alpha value is -2.08. The Morgan fingerprint density at radius 2 is 1.71 bits per heavy atom. The van der Waals surface area contributed by atoms with Crippen LogP contribution in [0.1, 0.15) is 22.7 Å². The van der Waals surface area contributed by atoms with Crippen molar-refractivity contribution in [1.82, 2.24) is 0 Å². The lowest BCUT2D eigenvalue weighted by molar-refractivity contribution is -0.137. The minimum absolute atomic E-state index is 0.0509. The summed E-state index contributed by atoms with van der Waals surface area (Å²) in [5, 5.41) is 0. The largest absolute Gasteiger partial charge is 0.494 e. The molecule has 0 saturated carbocycles. The summed E-state index contributed by atoms with van der Waals surface area (Å²) in [5.41, 5.74) is 5.75. The van der Waals surface area contributed by atoms with E-state index in [9.17, 15) is 17.6 Å². The summed E-state index contributed by atoms with van der Waals surface area (Å²) in [4.78, 5) is 0. The molecular weight excluding hydrogens is 286 g/mol. The van der Waals surface area contributed by atoms with Crippen molar-refractivity contribution in [3.63, 3.8) is 0 Å². The molecule has 0 aliphatic carbocycles. The molecule has 1 atom stereocenters. The second kappa shape index (κ2) is 5.73. The van der Waals surface area contributed by atoms with Crippen molar-refractivity contribution in [3.8, 4) is 5.75 Å². The van der Waals surface area contributed by atoms with Crippen LogP contribution in [-0.4, -0.2) is 7.11 Å². The van der Waals surface area contributed by atoms with E-state index in [1.807, 2.05) is 0 Å². The molecule has 1 unspecified atom stereocenters. The van der Waals surface area contributed by atoms with E-state index in [2.05, 4.69) is 0 Å². The number of alkyl halides is 3. The zero-order valence-corrected chi connectivity index (χ0v) is 11.1. The van der Waals surface area contributed by atoms with Crippen LogP contribution in [0.2, 0.25) is 0 Å². The van der Waals surface area contributed by atoms with Crippen molar-refractivity contribution in [3.05, 3.63) is 65.0 Å². The van der Waals surface area contributed by atoms with Crippen LogP contribution >= 0.6 is 0 Å². The monoisotopic (exact) mass is 299 g/mol. The van der Waals surface area contributed by atoms with E-state index in [0.29, 0.717) is 5.56 Å². The maximum atomic E-state index is 13.6. The first kappa shape index (κ1) is 15.3. The number of hydrogen-bond donors (Lipinski definition) is 1. The third-order valence-electron chi connectivity index (χ3n) is 3.11. The number of hydrogen-bond acceptors (Lipinski definition) is 2. The van der Waals surface area contributed by atoms with E-state index in [4.69, 9.17) is 10.5 Å². The van der Waals surface area contributed by atoms with Crippen molar-refractivity contribution in [2.45, 2.75) is 12.2 Å². The quantitative estimate of drug-likeness (QED) is 0.872. The fourth-order valence-corrected chi connectivity index (χ4v) is 1.98. The van der Waals surface area contributed by atoms with Gasteiger partial charge in [0.05, 0.1) is 18.7 Å². The predicted molar refractivity (Wildman–Crippen MR) is 70.4 cm³/mol. The predicted octanol–water partition coefficient (Wildman–Crippen LogP) is 3.90. The molecular formula is C15H13F4NO. The summed E-state index contributed by atoms with van der Waals surface area (Å²) in [5.74, 6) is -0.563. The number of benzene rings is 2. The normalized spacial score (nSPS) is 13.0. The fraction of sp³-hybridized carbons (Fsp3) is 0.200. The number of methoxy groups -OCH3 is 1. The SMILES string of the molecule is COc1ccc(C(N)c2cccc(C(F)(F)F)c2)cc1F. The van der Waals surface area contributed by atoms with E-state index in [-0.39, 0.29) is 11.3 Å². The van der Waals surface area contributed by atoms with Gasteiger partial charge in [-0.05, 0) is 35.4 Å². The Bertz CT molecular complexity index is 640. The second-order valence-electron chi connectivity index (χ2n) is 4.49. The van der Waals surface area contributed by atoms with Gasteiger partial charge in [0.1, 0.15) is 0 Å². The van der Waals surface area contributed by atoms with E-state index in [1.54, 1.807) is 0 Å². The van der Waals surface area contributed by atoms with Crippen molar-refractivity contribution >= 4 is 0 Å². The van der Waals surface area contributed by atoms with Gasteiger partial charge in [0.25, 0.3) is 0 Å². The molecule has 2 nitrogen and oxygen atoms in total. The number of rotatable bonds is 3. The summed E-state index contributed by atoms with van der Waals surface area (Å²) in [6.07, 6.45) is -4.44. The van der Waals surface area contributed by atoms with E-state index in [1.165, 1.54) is 31.4 Å². The van der Waals surface area contributed by atoms with Crippen molar-refractivity contribution < 1.29 is 22.3 Å². The minimum Gasteiger partial charge on any atom is -0.494 e. The third kappa shape index (κ3) is 3.33. The molecule has 0 fully saturated rings. The summed E-state index contributed by atoms with van der Waals surface area (Å²) >= 11 is 0. The van der Waals surface area contributed by atoms with Crippen LogP contribution in [0.15, 0.2) is 42.5 Å². The van der Waals surface area contributed by atoms with Gasteiger partial charge in [-0.3, -0.25) is 0 Å². The summed E-state index contributed by atoms with van der Waals surface area (Å²) in [6, 6.07) is 7.89. The fourth-order valence-electron chi connectivity index (χ4n) is 1.98. The zero-order chi connectivity index (χ0) is 15.6. The molecule has 2 aromatic rings. The Morgan fingerprint density at radius 3 is 2.29 bits per heavy atom. The molecule has 2 rings (SSSR count). The van der Waals surface area contributed by atoms with Gasteiger partial charge in [-0.25, -0.2) is 4.39 Å². The van der Waals surface area contributed by atoms with Gasteiger partial charge in [0.2, 0.25) is 0 Å². The molecule has 0 spiro atoms. The van der Waals surface area contributed by atoms with Crippen molar-refractivity contribution in [2.24, 2.45) is 5.73 Å². The van der Waals surface area contributed by atoms with Crippen LogP contribution in [0, 0.1) is 5.82 Å². The molecule has 0 bridgehead atoms. The lowest BCUT2D eigenvalue weighted by Gasteiger charge is -2.15. The Balaban J connectivity index is 2.36. The molecule has 112 valence electrons. The molecule has 0 saturated heterocycles. The maximum Gasteiger partial charge on any atom is 0.416 e. The van der Waals surface area contributed by atoms with Crippen LogP contribution < -0.4 is 10.5 Å². The topological polar surface area (TPSA) is 35.2 Å². The highest BCUT2D eigenvalue weighted by Crippen LogP contribution is 2.32. The number of halogens is 4. The van der Waals surface area contributed by atoms with Crippen LogP contribution in [0.4, 0.5) is 17.6 Å². The maximum absolute atomic E-state index is 13.6. The second-order valence-corrected chi connectivity index (χ2v) is 4.49. The molecule has 6 heteroatoms. The Kier molecular flexibility index (Phi) is 4.18. The van der Waals surface area contributed by atoms with Crippen LogP contribution in [-0.2, 0) is 6.18 Å². The molecule has 0 heterocycles. The summed E-state index contributed by atoms with van der Waals surface area (Å²) < 4.78 is 56.5. The lowest BCUT2D eigenvalue weighted by atomic mass is 9.97. The van der Waals surface area contributed by atoms with Crippen molar-refractivity contribution in [2.75, 3.05) is 7.11 Å². The van der Waals surface area contributed by atoms with Gasteiger partial charge < -0.3 is 10.5 Å². The Labute approximate surface area is 119 Å². The average molecular weight is 299 g/mol.